The van der Waals surface area contributed by atoms with Crippen molar-refractivity contribution in [3.8, 4) is 11.3 Å². The van der Waals surface area contributed by atoms with E-state index >= 15 is 0 Å². The van der Waals surface area contributed by atoms with Gasteiger partial charge in [-0.05, 0) is 75.7 Å². The zero-order valence-electron chi connectivity index (χ0n) is 21.2. The van der Waals surface area contributed by atoms with E-state index in [1.54, 1.807) is 0 Å². The molecule has 0 atom stereocenters. The van der Waals surface area contributed by atoms with Gasteiger partial charge in [-0.3, -0.25) is 9.59 Å². The van der Waals surface area contributed by atoms with Crippen molar-refractivity contribution in [3.05, 3.63) is 65.3 Å². The highest BCUT2D eigenvalue weighted by molar-refractivity contribution is 5.97. The van der Waals surface area contributed by atoms with Crippen LogP contribution in [0.25, 0.3) is 11.3 Å². The van der Waals surface area contributed by atoms with Crippen molar-refractivity contribution in [1.82, 2.24) is 14.9 Å². The summed E-state index contributed by atoms with van der Waals surface area (Å²) in [5, 5.41) is 3.22. The number of rotatable bonds is 4. The summed E-state index contributed by atoms with van der Waals surface area (Å²) >= 11 is 0. The molecule has 190 valence electrons. The Bertz CT molecular complexity index is 1340. The van der Waals surface area contributed by atoms with Crippen molar-refractivity contribution < 1.29 is 14.0 Å². The van der Waals surface area contributed by atoms with Crippen molar-refractivity contribution in [2.24, 2.45) is 23.2 Å². The van der Waals surface area contributed by atoms with Crippen LogP contribution < -0.4 is 5.32 Å². The molecule has 0 radical (unpaired) electrons. The van der Waals surface area contributed by atoms with E-state index in [4.69, 9.17) is 4.42 Å². The number of benzene rings is 1. The summed E-state index contributed by atoms with van der Waals surface area (Å²) in [5.74, 6) is 4.15. The molecule has 1 N–H and O–H groups in total. The number of hydrogen-bond donors (Lipinski definition) is 1. The van der Waals surface area contributed by atoms with Crippen LogP contribution in [0.4, 0.5) is 5.82 Å². The molecule has 1 aliphatic heterocycles. The Morgan fingerprint density at radius 1 is 1.03 bits per heavy atom. The number of amides is 2. The van der Waals surface area contributed by atoms with Crippen molar-refractivity contribution in [3.63, 3.8) is 0 Å². The van der Waals surface area contributed by atoms with Crippen LogP contribution in [-0.4, -0.2) is 33.2 Å². The van der Waals surface area contributed by atoms with Crippen LogP contribution in [-0.2, 0) is 17.8 Å². The number of nitrogens with zero attached hydrogens (tertiary/aromatic N) is 3. The lowest BCUT2D eigenvalue weighted by Crippen LogP contribution is -2.52. The number of hydrogen-bond acceptors (Lipinski definition) is 5. The molecule has 3 aromatic rings. The summed E-state index contributed by atoms with van der Waals surface area (Å²) in [6.07, 6.45) is 9.12. The van der Waals surface area contributed by atoms with Crippen LogP contribution in [0.15, 0.2) is 47.1 Å². The van der Waals surface area contributed by atoms with Gasteiger partial charge in [0.15, 0.2) is 0 Å². The number of furan rings is 1. The normalized spacial score (nSPS) is 27.7. The monoisotopic (exact) mass is 496 g/mol. The Morgan fingerprint density at radius 2 is 1.73 bits per heavy atom. The van der Waals surface area contributed by atoms with Crippen LogP contribution in [0.2, 0.25) is 0 Å². The fourth-order valence-corrected chi connectivity index (χ4v) is 7.87. The Balaban J connectivity index is 1.09. The van der Waals surface area contributed by atoms with E-state index in [9.17, 15) is 9.59 Å². The fraction of sp³-hybridized carbons (Fsp3) is 0.467. The molecule has 0 unspecified atom stereocenters. The maximum absolute atomic E-state index is 13.6. The Labute approximate surface area is 216 Å². The molecule has 4 fully saturated rings. The highest BCUT2D eigenvalue weighted by atomic mass is 16.3. The highest BCUT2D eigenvalue weighted by Gasteiger charge is 2.54. The molecule has 2 aromatic heterocycles. The standard InChI is InChI=1S/C30H32N4O3/c1-18-24(12-26(37-18)22-5-3-2-4-6-22)28(35)34-8-7-23-25(16-34)31-17-32-27(23)33-29(36)30-13-19-9-20(14-30)11-21(10-19)15-30/h2-6,12,17,19-21H,7-11,13-16H2,1H3,(H,31,32,33,36). The molecular formula is C30H32N4O3. The summed E-state index contributed by atoms with van der Waals surface area (Å²) in [6, 6.07) is 11.6. The molecule has 37 heavy (non-hydrogen) atoms. The van der Waals surface area contributed by atoms with E-state index in [1.807, 2.05) is 48.2 Å². The van der Waals surface area contributed by atoms with E-state index in [2.05, 4.69) is 15.3 Å². The van der Waals surface area contributed by atoms with E-state index in [0.717, 1.165) is 36.1 Å². The van der Waals surface area contributed by atoms with E-state index < -0.39 is 0 Å². The van der Waals surface area contributed by atoms with Crippen LogP contribution in [0.3, 0.4) is 0 Å². The van der Waals surface area contributed by atoms with E-state index in [1.165, 1.54) is 25.6 Å². The van der Waals surface area contributed by atoms with Gasteiger partial charge in [-0.15, -0.1) is 0 Å². The molecule has 8 rings (SSSR count). The van der Waals surface area contributed by atoms with Gasteiger partial charge in [-0.25, -0.2) is 9.97 Å². The molecular weight excluding hydrogens is 464 g/mol. The van der Waals surface area contributed by atoms with Gasteiger partial charge in [-0.1, -0.05) is 30.3 Å². The average molecular weight is 497 g/mol. The predicted octanol–water partition coefficient (Wildman–Crippen LogP) is 5.40. The Hall–Kier alpha value is -3.48. The van der Waals surface area contributed by atoms with Gasteiger partial charge >= 0.3 is 0 Å². The predicted molar refractivity (Wildman–Crippen MR) is 139 cm³/mol. The summed E-state index contributed by atoms with van der Waals surface area (Å²) < 4.78 is 5.92. The summed E-state index contributed by atoms with van der Waals surface area (Å²) in [4.78, 5) is 37.9. The largest absolute Gasteiger partial charge is 0.461 e. The molecule has 0 saturated heterocycles. The van der Waals surface area contributed by atoms with Gasteiger partial charge in [0.2, 0.25) is 5.91 Å². The first kappa shape index (κ1) is 22.7. The minimum Gasteiger partial charge on any atom is -0.461 e. The molecule has 7 heteroatoms. The van der Waals surface area contributed by atoms with Gasteiger partial charge in [0.1, 0.15) is 23.7 Å². The van der Waals surface area contributed by atoms with Gasteiger partial charge in [0.25, 0.3) is 5.91 Å². The Kier molecular flexibility index (Phi) is 5.24. The van der Waals surface area contributed by atoms with Crippen LogP contribution in [0.5, 0.6) is 0 Å². The molecule has 2 amide bonds. The van der Waals surface area contributed by atoms with Crippen molar-refractivity contribution in [2.45, 2.75) is 58.4 Å². The minimum atomic E-state index is -0.224. The number of nitrogens with one attached hydrogen (secondary N) is 1. The molecule has 3 heterocycles. The molecule has 5 aliphatic rings. The maximum atomic E-state index is 13.6. The smallest absolute Gasteiger partial charge is 0.257 e. The van der Waals surface area contributed by atoms with E-state index in [-0.39, 0.29) is 17.2 Å². The molecule has 0 spiro atoms. The second kappa shape index (κ2) is 8.54. The quantitative estimate of drug-likeness (QED) is 0.523. The first-order valence-electron chi connectivity index (χ1n) is 13.6. The lowest BCUT2D eigenvalue weighted by atomic mass is 9.49. The summed E-state index contributed by atoms with van der Waals surface area (Å²) in [7, 11) is 0. The van der Waals surface area contributed by atoms with Gasteiger partial charge in [0, 0.05) is 17.7 Å². The van der Waals surface area contributed by atoms with Crippen LogP contribution >= 0.6 is 0 Å². The third kappa shape index (κ3) is 3.87. The van der Waals surface area contributed by atoms with Crippen LogP contribution in [0.1, 0.15) is 65.9 Å². The van der Waals surface area contributed by atoms with Crippen molar-refractivity contribution in [2.75, 3.05) is 11.9 Å². The van der Waals surface area contributed by atoms with Crippen LogP contribution in [0, 0.1) is 30.1 Å². The molecule has 4 bridgehead atoms. The van der Waals surface area contributed by atoms with Gasteiger partial charge in [-0.2, -0.15) is 0 Å². The lowest BCUT2D eigenvalue weighted by molar-refractivity contribution is -0.140. The second-order valence-electron chi connectivity index (χ2n) is 11.7. The average Bonchev–Trinajstić information content (AvgIpc) is 3.29. The zero-order chi connectivity index (χ0) is 25.1. The molecule has 4 aliphatic carbocycles. The number of anilines is 1. The van der Waals surface area contributed by atoms with Crippen molar-refractivity contribution >= 4 is 17.6 Å². The second-order valence-corrected chi connectivity index (χ2v) is 11.7. The first-order valence-corrected chi connectivity index (χ1v) is 13.6. The fourth-order valence-electron chi connectivity index (χ4n) is 7.87. The molecule has 4 saturated carbocycles. The van der Waals surface area contributed by atoms with Crippen molar-refractivity contribution in [1.29, 1.82) is 0 Å². The lowest BCUT2D eigenvalue weighted by Gasteiger charge is -2.55. The number of carbonyl (C=O) groups is 2. The number of carbonyl (C=O) groups excluding carboxylic acids is 2. The SMILES string of the molecule is Cc1oc(-c2ccccc2)cc1C(=O)N1CCc2c(ncnc2NC(=O)C23CC4CC(CC(C4)C2)C3)C1. The summed E-state index contributed by atoms with van der Waals surface area (Å²) in [6.45, 7) is 2.77. The summed E-state index contributed by atoms with van der Waals surface area (Å²) in [5.41, 5.74) is 3.06. The van der Waals surface area contributed by atoms with E-state index in [0.29, 0.717) is 60.2 Å². The molecule has 7 nitrogen and oxygen atoms in total. The number of fused-ring (bicyclic) bond motifs is 1. The Morgan fingerprint density at radius 3 is 2.43 bits per heavy atom. The first-order chi connectivity index (χ1) is 18.0. The molecule has 1 aromatic carbocycles. The van der Waals surface area contributed by atoms with Gasteiger partial charge in [0.05, 0.1) is 23.2 Å². The number of aromatic nitrogens is 2. The number of aryl methyl sites for hydroxylation is 1. The third-order valence-electron chi connectivity index (χ3n) is 9.25. The third-order valence-corrected chi connectivity index (χ3v) is 9.25. The zero-order valence-corrected chi connectivity index (χ0v) is 21.2. The topological polar surface area (TPSA) is 88.3 Å². The maximum Gasteiger partial charge on any atom is 0.257 e. The highest BCUT2D eigenvalue weighted by Crippen LogP contribution is 2.60. The van der Waals surface area contributed by atoms with Gasteiger partial charge < -0.3 is 14.6 Å². The minimum absolute atomic E-state index is 0.0631.